The molecule has 7 heavy (non-hydrogen) atoms. The maximum atomic E-state index is 4.64. The first kappa shape index (κ1) is 10.3. The second-order valence-corrected chi connectivity index (χ2v) is 1.35. The van der Waals surface area contributed by atoms with Crippen molar-refractivity contribution in [3.63, 3.8) is 0 Å². The highest BCUT2D eigenvalue weighted by molar-refractivity contribution is 6.15. The maximum absolute atomic E-state index is 4.64. The molecule has 0 atom stereocenters. The van der Waals surface area contributed by atoms with Gasteiger partial charge in [-0.05, 0) is 0 Å². The van der Waals surface area contributed by atoms with Crippen LogP contribution < -0.4 is 0 Å². The number of hydrogen-bond acceptors (Lipinski definition) is 0. The normalized spacial score (nSPS) is 6.86. The molecule has 0 saturated heterocycles. The van der Waals surface area contributed by atoms with Crippen molar-refractivity contribution in [1.82, 2.24) is 0 Å². The highest BCUT2D eigenvalue weighted by Crippen LogP contribution is 1.88. The molecule has 0 saturated carbocycles. The molecule has 0 aromatic carbocycles. The molecule has 0 amide bonds. The van der Waals surface area contributed by atoms with Crippen LogP contribution in [0.15, 0.2) is 0 Å². The van der Waals surface area contributed by atoms with Crippen molar-refractivity contribution in [3.8, 4) is 0 Å². The number of halogens is 1. The fraction of sp³-hybridized carbons (Fsp3) is 1.00. The van der Waals surface area contributed by atoms with E-state index in [0.717, 1.165) is 0 Å². The third-order valence-corrected chi connectivity index (χ3v) is 0.707. The number of rotatable bonds is 2. The quantitative estimate of drug-likeness (QED) is 0.494. The van der Waals surface area contributed by atoms with Crippen LogP contribution in [0.3, 0.4) is 0 Å². The monoisotopic (exact) mass is 122 g/mol. The van der Waals surface area contributed by atoms with Crippen molar-refractivity contribution in [1.29, 1.82) is 0 Å². The van der Waals surface area contributed by atoms with Crippen LogP contribution in [-0.2, 0) is 0 Å². The van der Waals surface area contributed by atoms with Gasteiger partial charge in [0.05, 0.1) is 0 Å². The van der Waals surface area contributed by atoms with Crippen LogP contribution in [0.4, 0.5) is 0 Å². The minimum atomic E-state index is 1.34. The van der Waals surface area contributed by atoms with Crippen LogP contribution >= 0.6 is 11.6 Å². The van der Waals surface area contributed by atoms with Crippen molar-refractivity contribution in [2.45, 2.75) is 33.1 Å². The Bertz CT molecular complexity index is 11.7. The summed E-state index contributed by atoms with van der Waals surface area (Å²) >= 11 is 4.64. The maximum Gasteiger partial charge on any atom is 0.0108 e. The van der Waals surface area contributed by atoms with Crippen molar-refractivity contribution < 1.29 is 0 Å². The Morgan fingerprint density at radius 3 is 1.29 bits per heavy atom. The van der Waals surface area contributed by atoms with Gasteiger partial charge in [0.15, 0.2) is 0 Å². The van der Waals surface area contributed by atoms with E-state index in [4.69, 9.17) is 0 Å². The summed E-state index contributed by atoms with van der Waals surface area (Å²) in [5, 5.41) is 0. The fourth-order valence-electron chi connectivity index (χ4n) is 0.354. The predicted molar refractivity (Wildman–Crippen MR) is 37.0 cm³/mol. The zero-order valence-corrected chi connectivity index (χ0v) is 6.26. The van der Waals surface area contributed by atoms with Crippen LogP contribution in [-0.4, -0.2) is 6.38 Å². The summed E-state index contributed by atoms with van der Waals surface area (Å²) in [5.41, 5.74) is 0. The Morgan fingerprint density at radius 1 is 1.00 bits per heavy atom. The van der Waals surface area contributed by atoms with E-state index < -0.39 is 0 Å². The number of hydrogen-bond donors (Lipinski definition) is 0. The van der Waals surface area contributed by atoms with E-state index in [0.29, 0.717) is 0 Å². The van der Waals surface area contributed by atoms with Crippen LogP contribution in [0.2, 0.25) is 0 Å². The fourth-order valence-corrected chi connectivity index (χ4v) is 0.354. The van der Waals surface area contributed by atoms with E-state index >= 15 is 0 Å². The van der Waals surface area contributed by atoms with Gasteiger partial charge in [0.25, 0.3) is 0 Å². The second-order valence-electron chi connectivity index (χ2n) is 1.35. The van der Waals surface area contributed by atoms with Gasteiger partial charge in [-0.3, -0.25) is 0 Å². The Balaban J connectivity index is 0. The highest BCUT2D eigenvalue weighted by atomic mass is 35.5. The Morgan fingerprint density at radius 2 is 1.29 bits per heavy atom. The molecule has 0 bridgehead atoms. The van der Waals surface area contributed by atoms with Crippen molar-refractivity contribution in [3.05, 3.63) is 0 Å². The van der Waals surface area contributed by atoms with Gasteiger partial charge in [0.2, 0.25) is 0 Å². The summed E-state index contributed by atoms with van der Waals surface area (Å²) in [6, 6.07) is 0. The molecule has 0 rings (SSSR count). The molecule has 1 heteroatoms. The van der Waals surface area contributed by atoms with E-state index in [1.165, 1.54) is 25.6 Å². The molecule has 0 unspecified atom stereocenters. The van der Waals surface area contributed by atoms with Gasteiger partial charge in [-0.2, -0.15) is 0 Å². The van der Waals surface area contributed by atoms with Crippen LogP contribution in [0.5, 0.6) is 0 Å². The average Bonchev–Trinajstić information content (AvgIpc) is 1.75. The molecular formula is C6H15Cl. The molecular weight excluding hydrogens is 108 g/mol. The number of unbranched alkanes of at least 4 members (excludes halogenated alkanes) is 2. The predicted octanol–water partition coefficient (Wildman–Crippen LogP) is 3.05. The topological polar surface area (TPSA) is 0 Å². The van der Waals surface area contributed by atoms with Crippen LogP contribution in [0.1, 0.15) is 33.1 Å². The smallest absolute Gasteiger partial charge is 0.0108 e. The molecule has 0 aromatic heterocycles. The van der Waals surface area contributed by atoms with Gasteiger partial charge in [-0.25, -0.2) is 0 Å². The Hall–Kier alpha value is 0.290. The first-order valence-electron chi connectivity index (χ1n) is 2.79. The zero-order chi connectivity index (χ0) is 6.12. The molecule has 0 spiro atoms. The molecule has 0 N–H and O–H groups in total. The first-order chi connectivity index (χ1) is 3.41. The minimum Gasteiger partial charge on any atom is -0.130 e. The lowest BCUT2D eigenvalue weighted by Crippen LogP contribution is -1.59. The van der Waals surface area contributed by atoms with E-state index in [-0.39, 0.29) is 0 Å². The summed E-state index contributed by atoms with van der Waals surface area (Å²) in [7, 11) is 0. The van der Waals surface area contributed by atoms with E-state index in [9.17, 15) is 0 Å². The average molecular weight is 123 g/mol. The SMILES string of the molecule is CCCCC.CCl. The van der Waals surface area contributed by atoms with Crippen molar-refractivity contribution in [2.24, 2.45) is 0 Å². The minimum absolute atomic E-state index is 1.34. The molecule has 0 radical (unpaired) electrons. The summed E-state index contributed by atoms with van der Waals surface area (Å²) in [4.78, 5) is 0. The zero-order valence-electron chi connectivity index (χ0n) is 5.50. The summed E-state index contributed by atoms with van der Waals surface area (Å²) in [5.74, 6) is 0. The molecule has 46 valence electrons. The molecule has 0 aliphatic carbocycles. The molecule has 0 heterocycles. The summed E-state index contributed by atoms with van der Waals surface area (Å²) in [6.07, 6.45) is 5.55. The summed E-state index contributed by atoms with van der Waals surface area (Å²) < 4.78 is 0. The van der Waals surface area contributed by atoms with Crippen molar-refractivity contribution >= 4 is 11.6 Å². The van der Waals surface area contributed by atoms with E-state index in [1.54, 1.807) is 0 Å². The van der Waals surface area contributed by atoms with E-state index in [2.05, 4.69) is 25.4 Å². The highest BCUT2D eigenvalue weighted by Gasteiger charge is 1.68. The van der Waals surface area contributed by atoms with Gasteiger partial charge < -0.3 is 0 Å². The van der Waals surface area contributed by atoms with Crippen molar-refractivity contribution in [2.75, 3.05) is 6.38 Å². The molecule has 0 nitrogen and oxygen atoms in total. The Labute approximate surface area is 51.9 Å². The lowest BCUT2D eigenvalue weighted by molar-refractivity contribution is 0.772. The van der Waals surface area contributed by atoms with Gasteiger partial charge in [0, 0.05) is 6.38 Å². The molecule has 0 aromatic rings. The second kappa shape index (κ2) is 16.3. The summed E-state index contributed by atoms with van der Waals surface area (Å²) in [6.45, 7) is 4.42. The third kappa shape index (κ3) is 22.1. The van der Waals surface area contributed by atoms with Gasteiger partial charge in [0.1, 0.15) is 0 Å². The van der Waals surface area contributed by atoms with E-state index in [1.807, 2.05) is 0 Å². The molecule has 0 fully saturated rings. The van der Waals surface area contributed by atoms with Crippen LogP contribution in [0.25, 0.3) is 0 Å². The van der Waals surface area contributed by atoms with Gasteiger partial charge >= 0.3 is 0 Å². The Kier molecular flexibility index (Phi) is 23.9. The van der Waals surface area contributed by atoms with Gasteiger partial charge in [-0.15, -0.1) is 11.6 Å². The lowest BCUT2D eigenvalue weighted by atomic mass is 10.3. The van der Waals surface area contributed by atoms with Gasteiger partial charge in [-0.1, -0.05) is 33.1 Å². The first-order valence-corrected chi connectivity index (χ1v) is 3.55. The molecule has 0 aliphatic rings. The molecule has 0 aliphatic heterocycles. The number of alkyl halides is 1. The standard InChI is InChI=1S/C5H12.CH3Cl/c1-3-5-4-2;1-2/h3-5H2,1-2H3;1H3. The third-order valence-electron chi connectivity index (χ3n) is 0.707. The largest absolute Gasteiger partial charge is 0.130 e. The lowest BCUT2D eigenvalue weighted by Gasteiger charge is -1.79. The van der Waals surface area contributed by atoms with Crippen LogP contribution in [0, 0.1) is 0 Å².